The first kappa shape index (κ1) is 27.1. The molecule has 2 heterocycles. The van der Waals surface area contributed by atoms with Crippen LogP contribution in [0.1, 0.15) is 38.2 Å². The van der Waals surface area contributed by atoms with Crippen LogP contribution in [0.5, 0.6) is 11.6 Å². The van der Waals surface area contributed by atoms with E-state index >= 15 is 0 Å². The fourth-order valence-electron chi connectivity index (χ4n) is 4.86. The quantitative estimate of drug-likeness (QED) is 0.156. The fourth-order valence-corrected chi connectivity index (χ4v) is 4.86. The largest absolute Gasteiger partial charge is 0.487 e. The lowest BCUT2D eigenvalue weighted by molar-refractivity contribution is 0.0459. The molecular weight excluding hydrogens is 528 g/mol. The van der Waals surface area contributed by atoms with Crippen molar-refractivity contribution < 1.29 is 23.7 Å². The lowest BCUT2D eigenvalue weighted by Gasteiger charge is -2.20. The van der Waals surface area contributed by atoms with Gasteiger partial charge in [0.15, 0.2) is 5.56 Å². The number of esters is 1. The van der Waals surface area contributed by atoms with Crippen LogP contribution < -0.4 is 15.2 Å². The van der Waals surface area contributed by atoms with Crippen LogP contribution >= 0.6 is 0 Å². The highest BCUT2D eigenvalue weighted by molar-refractivity contribution is 5.97. The number of nitrogen functional groups attached to an aromatic ring is 1. The van der Waals surface area contributed by atoms with E-state index in [1.165, 1.54) is 0 Å². The summed E-state index contributed by atoms with van der Waals surface area (Å²) in [6.07, 6.45) is 0. The summed E-state index contributed by atoms with van der Waals surface area (Å²) in [4.78, 5) is 18.8. The van der Waals surface area contributed by atoms with Crippen LogP contribution in [-0.4, -0.2) is 11.0 Å². The van der Waals surface area contributed by atoms with Crippen molar-refractivity contribution in [2.24, 2.45) is 0 Å². The first-order valence-corrected chi connectivity index (χ1v) is 13.7. The van der Waals surface area contributed by atoms with Gasteiger partial charge in [-0.2, -0.15) is 0 Å². The van der Waals surface area contributed by atoms with Crippen LogP contribution in [0.3, 0.4) is 0 Å². The van der Waals surface area contributed by atoms with Gasteiger partial charge in [-0.3, -0.25) is 0 Å². The highest BCUT2D eigenvalue weighted by Crippen LogP contribution is 2.42. The summed E-state index contributed by atoms with van der Waals surface area (Å²) < 4.78 is 24.6. The van der Waals surface area contributed by atoms with E-state index in [0.29, 0.717) is 29.3 Å². The van der Waals surface area contributed by atoms with Gasteiger partial charge in [0.05, 0.1) is 18.9 Å². The Balaban J connectivity index is 1.47. The molecule has 0 atom stereocenters. The summed E-state index contributed by atoms with van der Waals surface area (Å²) in [5, 5.41) is 0. The van der Waals surface area contributed by atoms with Gasteiger partial charge in [-0.1, -0.05) is 97.1 Å². The molecule has 0 radical (unpaired) electrons. The van der Waals surface area contributed by atoms with Crippen molar-refractivity contribution in [3.63, 3.8) is 0 Å². The van der Waals surface area contributed by atoms with Gasteiger partial charge >= 0.3 is 5.97 Å². The maximum atomic E-state index is 13.9. The first-order chi connectivity index (χ1) is 20.7. The Morgan fingerprint density at radius 2 is 1.33 bits per heavy atom. The molecule has 0 spiro atoms. The number of carbonyl (C=O) groups excluding carboxylic acids is 1. The summed E-state index contributed by atoms with van der Waals surface area (Å²) in [6, 6.07) is 34.6. The summed E-state index contributed by atoms with van der Waals surface area (Å²) in [7, 11) is 0. The van der Waals surface area contributed by atoms with Gasteiger partial charge in [0.1, 0.15) is 25.6 Å². The third kappa shape index (κ3) is 6.11. The number of hydrogen-bond acceptors (Lipinski definition) is 7. The molecule has 5 aromatic rings. The third-order valence-electron chi connectivity index (χ3n) is 6.96. The lowest BCUT2D eigenvalue weighted by Crippen LogP contribution is -2.15. The molecule has 0 saturated heterocycles. The highest BCUT2D eigenvalue weighted by atomic mass is 16.5. The molecule has 0 amide bonds. The van der Waals surface area contributed by atoms with Crippen LogP contribution in [0, 0.1) is 0 Å². The molecule has 42 heavy (non-hydrogen) atoms. The molecule has 1 aliphatic heterocycles. The molecule has 1 aliphatic rings. The number of fused-ring (bicyclic) bond motifs is 3. The van der Waals surface area contributed by atoms with Gasteiger partial charge in [0.2, 0.25) is 5.88 Å². The van der Waals surface area contributed by atoms with Gasteiger partial charge < -0.3 is 24.7 Å². The Morgan fingerprint density at radius 3 is 1.98 bits per heavy atom. The van der Waals surface area contributed by atoms with Crippen molar-refractivity contribution in [3.8, 4) is 22.9 Å². The minimum absolute atomic E-state index is 0.0889. The Bertz CT molecular complexity index is 1680. The van der Waals surface area contributed by atoms with Gasteiger partial charge in [-0.25, -0.2) is 9.78 Å². The molecule has 0 fully saturated rings. The molecule has 210 valence electrons. The number of anilines is 1. The zero-order chi connectivity index (χ0) is 28.7. The summed E-state index contributed by atoms with van der Waals surface area (Å²) in [5.41, 5.74) is 12.6. The van der Waals surface area contributed by atoms with Gasteiger partial charge in [-0.05, 0) is 34.4 Å². The zero-order valence-corrected chi connectivity index (χ0v) is 23.0. The molecule has 1 aromatic heterocycles. The number of ether oxygens (including phenoxy) is 4. The molecule has 7 nitrogen and oxygen atoms in total. The Hall–Kier alpha value is -5.14. The smallest absolute Gasteiger partial charge is 0.347 e. The highest BCUT2D eigenvalue weighted by Gasteiger charge is 2.31. The summed E-state index contributed by atoms with van der Waals surface area (Å²) >= 11 is 0. The normalized spacial score (nSPS) is 12.0. The van der Waals surface area contributed by atoms with Crippen molar-refractivity contribution >= 4 is 11.7 Å². The van der Waals surface area contributed by atoms with Crippen LogP contribution in [0.2, 0.25) is 0 Å². The predicted molar refractivity (Wildman–Crippen MR) is 160 cm³/mol. The first-order valence-electron chi connectivity index (χ1n) is 13.7. The van der Waals surface area contributed by atoms with Crippen molar-refractivity contribution in [2.75, 3.05) is 5.73 Å². The Morgan fingerprint density at radius 1 is 0.738 bits per heavy atom. The van der Waals surface area contributed by atoms with E-state index in [9.17, 15) is 4.79 Å². The second-order valence-corrected chi connectivity index (χ2v) is 9.97. The van der Waals surface area contributed by atoms with Gasteiger partial charge in [-0.15, -0.1) is 0 Å². The van der Waals surface area contributed by atoms with Crippen LogP contribution in [0.15, 0.2) is 109 Å². The van der Waals surface area contributed by atoms with Crippen LogP contribution in [0.4, 0.5) is 5.69 Å². The standard InChI is InChI=1S/C35H30N2O5/c36-28-16-17-29-27(18-28)22-39-23-30-32(29)37-34(41-20-25-12-6-2-7-13-25)31(33(30)40-19-24-10-4-1-5-11-24)35(38)42-21-26-14-8-3-9-15-26/h1-18H,19-23,36H2. The Labute approximate surface area is 244 Å². The molecule has 0 aliphatic carbocycles. The van der Waals surface area contributed by atoms with E-state index in [4.69, 9.17) is 29.7 Å². The van der Waals surface area contributed by atoms with E-state index in [0.717, 1.165) is 27.8 Å². The minimum atomic E-state index is -0.595. The number of pyridine rings is 1. The van der Waals surface area contributed by atoms with Crippen LogP contribution in [-0.2, 0) is 42.5 Å². The summed E-state index contributed by atoms with van der Waals surface area (Å²) in [6.45, 7) is 1.03. The molecule has 0 unspecified atom stereocenters. The number of aromatic nitrogens is 1. The third-order valence-corrected chi connectivity index (χ3v) is 6.96. The molecule has 7 heteroatoms. The molecule has 2 N–H and O–H groups in total. The number of hydrogen-bond donors (Lipinski definition) is 1. The second kappa shape index (κ2) is 12.6. The fraction of sp³-hybridized carbons (Fsp3) is 0.143. The molecule has 0 bridgehead atoms. The maximum Gasteiger partial charge on any atom is 0.347 e. The summed E-state index contributed by atoms with van der Waals surface area (Å²) in [5.74, 6) is -0.139. The van der Waals surface area contributed by atoms with Crippen molar-refractivity contribution in [2.45, 2.75) is 33.0 Å². The number of rotatable bonds is 9. The van der Waals surface area contributed by atoms with Crippen LogP contribution in [0.25, 0.3) is 11.3 Å². The SMILES string of the molecule is Nc1ccc2c(c1)COCc1c-2nc(OCc2ccccc2)c(C(=O)OCc2ccccc2)c1OCc1ccccc1. The average Bonchev–Trinajstić information content (AvgIpc) is 3.21. The van der Waals surface area contributed by atoms with Crippen molar-refractivity contribution in [1.82, 2.24) is 4.98 Å². The number of benzene rings is 4. The number of nitrogens with two attached hydrogens (primary N) is 1. The molecule has 0 saturated carbocycles. The van der Waals surface area contributed by atoms with Crippen molar-refractivity contribution in [1.29, 1.82) is 0 Å². The molecular formula is C35H30N2O5. The number of nitrogens with zero attached hydrogens (tertiary/aromatic N) is 1. The van der Waals surface area contributed by atoms with E-state index in [1.807, 2.05) is 109 Å². The van der Waals surface area contributed by atoms with Gasteiger partial charge in [0.25, 0.3) is 0 Å². The minimum Gasteiger partial charge on any atom is -0.487 e. The maximum absolute atomic E-state index is 13.9. The predicted octanol–water partition coefficient (Wildman–Crippen LogP) is 6.88. The second-order valence-electron chi connectivity index (χ2n) is 9.97. The van der Waals surface area contributed by atoms with E-state index in [2.05, 4.69) is 0 Å². The number of carbonyl (C=O) groups is 1. The molecule has 6 rings (SSSR count). The van der Waals surface area contributed by atoms with Gasteiger partial charge in [0, 0.05) is 16.8 Å². The van der Waals surface area contributed by atoms with Crippen molar-refractivity contribution in [3.05, 3.63) is 143 Å². The topological polar surface area (TPSA) is 92.9 Å². The van der Waals surface area contributed by atoms with E-state index in [-0.39, 0.29) is 37.9 Å². The average molecular weight is 559 g/mol. The van der Waals surface area contributed by atoms with E-state index in [1.54, 1.807) is 0 Å². The zero-order valence-electron chi connectivity index (χ0n) is 23.0. The molecule has 4 aromatic carbocycles. The monoisotopic (exact) mass is 558 g/mol. The van der Waals surface area contributed by atoms with E-state index < -0.39 is 5.97 Å². The Kier molecular flexibility index (Phi) is 8.10. The lowest BCUT2D eigenvalue weighted by atomic mass is 9.99.